The van der Waals surface area contributed by atoms with Crippen molar-refractivity contribution >= 4 is 12.4 Å². The third kappa shape index (κ3) is 5.32. The third-order valence-electron chi connectivity index (χ3n) is 5.18. The zero-order valence-corrected chi connectivity index (χ0v) is 17.2. The topological polar surface area (TPSA) is 85.1 Å². The van der Waals surface area contributed by atoms with Gasteiger partial charge in [-0.3, -0.25) is 0 Å². The quantitative estimate of drug-likeness (QED) is 0.588. The number of aliphatic hydroxyl groups excluding tert-OH is 1. The first-order chi connectivity index (χ1) is 13.7. The van der Waals surface area contributed by atoms with Gasteiger partial charge in [0.05, 0.1) is 5.69 Å². The number of nitrogens with one attached hydrogen (secondary N) is 1. The average molecular weight is 416 g/mol. The number of ether oxygens (including phenoxy) is 1. The van der Waals surface area contributed by atoms with Crippen molar-refractivity contribution in [1.82, 2.24) is 25.5 Å². The molecule has 2 unspecified atom stereocenters. The molecule has 7 nitrogen and oxygen atoms in total. The Labute approximate surface area is 176 Å². The molecule has 154 valence electrons. The summed E-state index contributed by atoms with van der Waals surface area (Å²) < 4.78 is 7.39. The minimum atomic E-state index is -0.573. The van der Waals surface area contributed by atoms with Crippen LogP contribution in [0.1, 0.15) is 36.1 Å². The second kappa shape index (κ2) is 9.82. The molecule has 0 fully saturated rings. The highest BCUT2D eigenvalue weighted by molar-refractivity contribution is 5.85. The van der Waals surface area contributed by atoms with Crippen LogP contribution in [0, 0.1) is 0 Å². The molecule has 2 atom stereocenters. The lowest BCUT2D eigenvalue weighted by molar-refractivity contribution is 0.104. The average Bonchev–Trinajstić information content (AvgIpc) is 3.42. The summed E-state index contributed by atoms with van der Waals surface area (Å²) in [6, 6.07) is 14.4. The SMILES string of the molecule is CC(NCC(O)COc1ccc2c(c1)CCC2)c1ccc(-n2cnnn2)cc1.Cl. The summed E-state index contributed by atoms with van der Waals surface area (Å²) in [6.45, 7) is 2.80. The van der Waals surface area contributed by atoms with E-state index in [-0.39, 0.29) is 25.1 Å². The minimum Gasteiger partial charge on any atom is -0.491 e. The van der Waals surface area contributed by atoms with Crippen molar-refractivity contribution in [3.8, 4) is 11.4 Å². The number of tetrazole rings is 1. The van der Waals surface area contributed by atoms with Crippen LogP contribution in [-0.4, -0.2) is 44.6 Å². The number of aromatic nitrogens is 4. The van der Waals surface area contributed by atoms with Gasteiger partial charge < -0.3 is 15.2 Å². The van der Waals surface area contributed by atoms with Crippen molar-refractivity contribution in [2.75, 3.05) is 13.2 Å². The third-order valence-corrected chi connectivity index (χ3v) is 5.18. The Kier molecular flexibility index (Phi) is 7.19. The normalized spacial score (nSPS) is 14.7. The molecule has 1 aliphatic carbocycles. The fourth-order valence-electron chi connectivity index (χ4n) is 3.52. The predicted molar refractivity (Wildman–Crippen MR) is 113 cm³/mol. The molecule has 1 heterocycles. The second-order valence-electron chi connectivity index (χ2n) is 7.22. The van der Waals surface area contributed by atoms with E-state index in [1.165, 1.54) is 17.5 Å². The standard InChI is InChI=1S/C21H25N5O2.ClH/c1-15(16-5-8-19(9-6-16)26-14-23-24-25-26)22-12-20(27)13-28-21-10-7-17-3-2-4-18(17)11-21;/h5-11,14-15,20,22,27H,2-4,12-13H2,1H3;1H. The maximum Gasteiger partial charge on any atom is 0.143 e. The first kappa shape index (κ1) is 21.2. The van der Waals surface area contributed by atoms with Gasteiger partial charge in [-0.15, -0.1) is 17.5 Å². The van der Waals surface area contributed by atoms with Gasteiger partial charge in [0.15, 0.2) is 0 Å². The largest absolute Gasteiger partial charge is 0.491 e. The van der Waals surface area contributed by atoms with Gasteiger partial charge in [-0.25, -0.2) is 4.68 Å². The zero-order valence-electron chi connectivity index (χ0n) is 16.4. The number of fused-ring (bicyclic) bond motifs is 1. The van der Waals surface area contributed by atoms with E-state index in [9.17, 15) is 5.11 Å². The Morgan fingerprint density at radius 2 is 1.93 bits per heavy atom. The molecule has 29 heavy (non-hydrogen) atoms. The summed E-state index contributed by atoms with van der Waals surface area (Å²) in [5.41, 5.74) is 4.84. The van der Waals surface area contributed by atoms with Crippen LogP contribution in [0.25, 0.3) is 5.69 Å². The van der Waals surface area contributed by atoms with E-state index in [2.05, 4.69) is 39.9 Å². The van der Waals surface area contributed by atoms with Gasteiger partial charge in [-0.2, -0.15) is 0 Å². The van der Waals surface area contributed by atoms with Gasteiger partial charge in [0, 0.05) is 12.6 Å². The number of rotatable bonds is 8. The Morgan fingerprint density at radius 3 is 2.69 bits per heavy atom. The van der Waals surface area contributed by atoms with E-state index in [0.29, 0.717) is 6.54 Å². The van der Waals surface area contributed by atoms with E-state index in [4.69, 9.17) is 4.74 Å². The van der Waals surface area contributed by atoms with E-state index in [1.54, 1.807) is 11.0 Å². The molecular formula is C21H26ClN5O2. The lowest BCUT2D eigenvalue weighted by Gasteiger charge is -2.18. The number of hydrogen-bond acceptors (Lipinski definition) is 6. The van der Waals surface area contributed by atoms with Crippen LogP contribution < -0.4 is 10.1 Å². The molecule has 0 radical (unpaired) electrons. The van der Waals surface area contributed by atoms with Gasteiger partial charge in [0.2, 0.25) is 0 Å². The van der Waals surface area contributed by atoms with E-state index < -0.39 is 6.10 Å². The molecule has 0 saturated heterocycles. The molecule has 4 rings (SSSR count). The second-order valence-corrected chi connectivity index (χ2v) is 7.22. The number of halogens is 1. The molecule has 8 heteroatoms. The monoisotopic (exact) mass is 415 g/mol. The fourth-order valence-corrected chi connectivity index (χ4v) is 3.52. The van der Waals surface area contributed by atoms with Gasteiger partial charge in [-0.1, -0.05) is 18.2 Å². The number of hydrogen-bond donors (Lipinski definition) is 2. The first-order valence-electron chi connectivity index (χ1n) is 9.68. The van der Waals surface area contributed by atoms with Crippen molar-refractivity contribution in [3.63, 3.8) is 0 Å². The van der Waals surface area contributed by atoms with Crippen molar-refractivity contribution in [3.05, 3.63) is 65.5 Å². The van der Waals surface area contributed by atoms with Gasteiger partial charge in [0.25, 0.3) is 0 Å². The first-order valence-corrected chi connectivity index (χ1v) is 9.68. The van der Waals surface area contributed by atoms with Crippen LogP contribution in [0.15, 0.2) is 48.8 Å². The molecule has 0 aliphatic heterocycles. The lowest BCUT2D eigenvalue weighted by Crippen LogP contribution is -2.33. The summed E-state index contributed by atoms with van der Waals surface area (Å²) in [4.78, 5) is 0. The number of benzene rings is 2. The van der Waals surface area contributed by atoms with Crippen LogP contribution >= 0.6 is 12.4 Å². The van der Waals surface area contributed by atoms with Crippen molar-refractivity contribution in [2.45, 2.75) is 38.3 Å². The Balaban J connectivity index is 0.00000240. The highest BCUT2D eigenvalue weighted by Gasteiger charge is 2.13. The van der Waals surface area contributed by atoms with Gasteiger partial charge in [0.1, 0.15) is 24.8 Å². The van der Waals surface area contributed by atoms with Gasteiger partial charge >= 0.3 is 0 Å². The molecule has 2 N–H and O–H groups in total. The molecule has 3 aromatic rings. The zero-order chi connectivity index (χ0) is 19.3. The summed E-state index contributed by atoms with van der Waals surface area (Å²) in [5, 5.41) is 24.8. The highest BCUT2D eigenvalue weighted by Crippen LogP contribution is 2.26. The van der Waals surface area contributed by atoms with Gasteiger partial charge in [-0.05, 0) is 77.6 Å². The van der Waals surface area contributed by atoms with E-state index in [0.717, 1.165) is 29.8 Å². The maximum atomic E-state index is 10.3. The molecule has 0 bridgehead atoms. The molecule has 1 aromatic heterocycles. The Bertz CT molecular complexity index is 902. The summed E-state index contributed by atoms with van der Waals surface area (Å²) in [7, 11) is 0. The van der Waals surface area contributed by atoms with Crippen LogP contribution in [0.4, 0.5) is 0 Å². The summed E-state index contributed by atoms with van der Waals surface area (Å²) in [6.07, 6.45) is 4.50. The van der Waals surface area contributed by atoms with Crippen molar-refractivity contribution < 1.29 is 9.84 Å². The van der Waals surface area contributed by atoms with E-state index in [1.807, 2.05) is 30.3 Å². The minimum absolute atomic E-state index is 0. The Morgan fingerprint density at radius 1 is 1.14 bits per heavy atom. The number of nitrogens with zero attached hydrogens (tertiary/aromatic N) is 4. The van der Waals surface area contributed by atoms with Crippen molar-refractivity contribution in [1.29, 1.82) is 0 Å². The van der Waals surface area contributed by atoms with Crippen LogP contribution in [-0.2, 0) is 12.8 Å². The van der Waals surface area contributed by atoms with E-state index >= 15 is 0 Å². The molecular weight excluding hydrogens is 390 g/mol. The molecule has 2 aromatic carbocycles. The molecule has 0 spiro atoms. The smallest absolute Gasteiger partial charge is 0.143 e. The summed E-state index contributed by atoms with van der Waals surface area (Å²) in [5.74, 6) is 0.839. The molecule has 1 aliphatic rings. The highest BCUT2D eigenvalue weighted by atomic mass is 35.5. The molecule has 0 saturated carbocycles. The predicted octanol–water partition coefficient (Wildman–Crippen LogP) is 2.66. The van der Waals surface area contributed by atoms with Crippen LogP contribution in [0.2, 0.25) is 0 Å². The molecule has 0 amide bonds. The maximum absolute atomic E-state index is 10.3. The van der Waals surface area contributed by atoms with Crippen LogP contribution in [0.3, 0.4) is 0 Å². The van der Waals surface area contributed by atoms with Crippen molar-refractivity contribution in [2.24, 2.45) is 0 Å². The number of aliphatic hydroxyl groups is 1. The Hall–Kier alpha value is -2.48. The summed E-state index contributed by atoms with van der Waals surface area (Å²) >= 11 is 0. The fraction of sp³-hybridized carbons (Fsp3) is 0.381. The van der Waals surface area contributed by atoms with Crippen LogP contribution in [0.5, 0.6) is 5.75 Å². The lowest BCUT2D eigenvalue weighted by atomic mass is 10.1. The number of aryl methyl sites for hydroxylation is 2.